The van der Waals surface area contributed by atoms with Gasteiger partial charge >= 0.3 is 0 Å². The Morgan fingerprint density at radius 3 is 2.15 bits per heavy atom. The van der Waals surface area contributed by atoms with Gasteiger partial charge in [0.05, 0.1) is 0 Å². The average molecular weight is 497 g/mol. The molecule has 3 aromatic carbocycles. The topological polar surface area (TPSA) is 15.7 Å². The molecule has 33 heavy (non-hydrogen) atoms. The van der Waals surface area contributed by atoms with E-state index < -0.39 is 0 Å². The van der Waals surface area contributed by atoms with Gasteiger partial charge in [-0.2, -0.15) is 0 Å². The minimum absolute atomic E-state index is 0.544. The molecule has 6 heteroatoms. The SMILES string of the molecule is Clc1ccc(OCc2sc3ccc(Cl)cc3c2CN2CCN(Cc3ccccc3)CC2)cc1. The van der Waals surface area contributed by atoms with Gasteiger partial charge < -0.3 is 4.74 Å². The second-order valence-electron chi connectivity index (χ2n) is 8.42. The molecular weight excluding hydrogens is 471 g/mol. The first-order valence-corrected chi connectivity index (χ1v) is 12.8. The summed E-state index contributed by atoms with van der Waals surface area (Å²) in [7, 11) is 0. The van der Waals surface area contributed by atoms with E-state index in [1.165, 1.54) is 26.1 Å². The molecule has 1 aromatic heterocycles. The first-order chi connectivity index (χ1) is 16.1. The van der Waals surface area contributed by atoms with Crippen LogP contribution in [0.2, 0.25) is 10.0 Å². The summed E-state index contributed by atoms with van der Waals surface area (Å²) in [5.41, 5.74) is 2.72. The maximum absolute atomic E-state index is 6.37. The molecule has 0 saturated carbocycles. The van der Waals surface area contributed by atoms with Crippen LogP contribution in [0.4, 0.5) is 0 Å². The summed E-state index contributed by atoms with van der Waals surface area (Å²) < 4.78 is 7.37. The van der Waals surface area contributed by atoms with Gasteiger partial charge in [0.15, 0.2) is 0 Å². The highest BCUT2D eigenvalue weighted by Crippen LogP contribution is 2.35. The van der Waals surface area contributed by atoms with Crippen molar-refractivity contribution in [3.63, 3.8) is 0 Å². The summed E-state index contributed by atoms with van der Waals surface area (Å²) in [6.45, 7) is 6.75. The molecule has 0 amide bonds. The summed E-state index contributed by atoms with van der Waals surface area (Å²) >= 11 is 14.2. The number of hydrogen-bond donors (Lipinski definition) is 0. The van der Waals surface area contributed by atoms with Gasteiger partial charge in [0.2, 0.25) is 0 Å². The Kier molecular flexibility index (Phi) is 7.19. The minimum atomic E-state index is 0.544. The van der Waals surface area contributed by atoms with Crippen LogP contribution in [0.5, 0.6) is 5.75 Å². The summed E-state index contributed by atoms with van der Waals surface area (Å²) in [5.74, 6) is 0.829. The third-order valence-corrected chi connectivity index (χ3v) is 7.79. The van der Waals surface area contributed by atoms with Crippen molar-refractivity contribution in [3.05, 3.63) is 98.8 Å². The van der Waals surface area contributed by atoms with Crippen molar-refractivity contribution in [3.8, 4) is 5.75 Å². The van der Waals surface area contributed by atoms with E-state index in [0.717, 1.165) is 50.0 Å². The Labute approximate surface area is 209 Å². The zero-order chi connectivity index (χ0) is 22.6. The highest BCUT2D eigenvalue weighted by molar-refractivity contribution is 7.19. The highest BCUT2D eigenvalue weighted by Gasteiger charge is 2.21. The van der Waals surface area contributed by atoms with Crippen molar-refractivity contribution in [2.45, 2.75) is 19.7 Å². The molecule has 3 nitrogen and oxygen atoms in total. The predicted octanol–water partition coefficient (Wildman–Crippen LogP) is 7.10. The largest absolute Gasteiger partial charge is 0.488 e. The van der Waals surface area contributed by atoms with Crippen LogP contribution in [0.15, 0.2) is 72.8 Å². The molecule has 0 radical (unpaired) electrons. The smallest absolute Gasteiger partial charge is 0.123 e. The Morgan fingerprint density at radius 2 is 1.42 bits per heavy atom. The molecule has 0 aliphatic carbocycles. The van der Waals surface area contributed by atoms with Crippen LogP contribution in [0, 0.1) is 0 Å². The molecule has 1 aliphatic rings. The fraction of sp³-hybridized carbons (Fsp3) is 0.259. The Bertz CT molecular complexity index is 1200. The molecule has 0 bridgehead atoms. The standard InChI is InChI=1S/C27H26Cl2N2OS/c28-21-6-9-23(10-7-21)32-19-27-25(24-16-22(29)8-11-26(24)33-27)18-31-14-12-30(13-15-31)17-20-4-2-1-3-5-20/h1-11,16H,12-15,17-19H2. The second-order valence-corrected chi connectivity index (χ2v) is 10.4. The van der Waals surface area contributed by atoms with Crippen LogP contribution in [0.3, 0.4) is 0 Å². The van der Waals surface area contributed by atoms with Crippen LogP contribution in [0.25, 0.3) is 10.1 Å². The van der Waals surface area contributed by atoms with Crippen LogP contribution >= 0.6 is 34.5 Å². The maximum Gasteiger partial charge on any atom is 0.123 e. The van der Waals surface area contributed by atoms with Gasteiger partial charge in [0.1, 0.15) is 12.4 Å². The summed E-state index contributed by atoms with van der Waals surface area (Å²) in [4.78, 5) is 6.35. The number of benzene rings is 3. The van der Waals surface area contributed by atoms with Gasteiger partial charge in [-0.3, -0.25) is 9.80 Å². The molecule has 0 N–H and O–H groups in total. The molecule has 4 aromatic rings. The lowest BCUT2D eigenvalue weighted by atomic mass is 10.1. The number of rotatable bonds is 7. The number of thiophene rings is 1. The van der Waals surface area contributed by atoms with Gasteiger partial charge in [-0.15, -0.1) is 11.3 Å². The van der Waals surface area contributed by atoms with E-state index in [2.05, 4.69) is 52.3 Å². The monoisotopic (exact) mass is 496 g/mol. The lowest BCUT2D eigenvalue weighted by Crippen LogP contribution is -2.45. The van der Waals surface area contributed by atoms with Crippen molar-refractivity contribution < 1.29 is 4.74 Å². The lowest BCUT2D eigenvalue weighted by Gasteiger charge is -2.35. The first-order valence-electron chi connectivity index (χ1n) is 11.2. The fourth-order valence-electron chi connectivity index (χ4n) is 4.31. The van der Waals surface area contributed by atoms with Crippen molar-refractivity contribution in [2.75, 3.05) is 26.2 Å². The molecule has 5 rings (SSSR count). The molecule has 1 saturated heterocycles. The number of nitrogens with zero attached hydrogens (tertiary/aromatic N) is 2. The number of piperazine rings is 1. The van der Waals surface area contributed by atoms with Crippen LogP contribution in [-0.2, 0) is 19.7 Å². The van der Waals surface area contributed by atoms with Crippen molar-refractivity contribution in [1.29, 1.82) is 0 Å². The van der Waals surface area contributed by atoms with Gasteiger partial charge in [-0.1, -0.05) is 53.5 Å². The molecule has 0 spiro atoms. The number of hydrogen-bond acceptors (Lipinski definition) is 4. The Morgan fingerprint density at radius 1 is 0.758 bits per heavy atom. The minimum Gasteiger partial charge on any atom is -0.488 e. The van der Waals surface area contributed by atoms with Gasteiger partial charge in [0, 0.05) is 58.9 Å². The van der Waals surface area contributed by atoms with Crippen LogP contribution in [-0.4, -0.2) is 36.0 Å². The molecule has 0 atom stereocenters. The molecule has 2 heterocycles. The fourth-order valence-corrected chi connectivity index (χ4v) is 5.72. The molecular formula is C27H26Cl2N2OS. The summed E-state index contributed by atoms with van der Waals surface area (Å²) in [6, 6.07) is 24.5. The number of fused-ring (bicyclic) bond motifs is 1. The Balaban J connectivity index is 1.29. The molecule has 170 valence electrons. The zero-order valence-electron chi connectivity index (χ0n) is 18.3. The second kappa shape index (κ2) is 10.5. The van der Waals surface area contributed by atoms with Gasteiger partial charge in [-0.05, 0) is 59.0 Å². The third-order valence-electron chi connectivity index (χ3n) is 6.12. The van der Waals surface area contributed by atoms with E-state index in [9.17, 15) is 0 Å². The van der Waals surface area contributed by atoms with Crippen LogP contribution in [0.1, 0.15) is 16.0 Å². The zero-order valence-corrected chi connectivity index (χ0v) is 20.7. The van der Waals surface area contributed by atoms with Crippen LogP contribution < -0.4 is 4.74 Å². The van der Waals surface area contributed by atoms with E-state index in [1.54, 1.807) is 11.3 Å². The third kappa shape index (κ3) is 5.71. The van der Waals surface area contributed by atoms with E-state index in [1.807, 2.05) is 30.3 Å². The van der Waals surface area contributed by atoms with E-state index >= 15 is 0 Å². The lowest BCUT2D eigenvalue weighted by molar-refractivity contribution is 0.122. The van der Waals surface area contributed by atoms with Gasteiger partial charge in [0.25, 0.3) is 0 Å². The van der Waals surface area contributed by atoms with E-state index in [0.29, 0.717) is 11.6 Å². The van der Waals surface area contributed by atoms with E-state index in [-0.39, 0.29) is 0 Å². The molecule has 0 unspecified atom stereocenters. The predicted molar refractivity (Wildman–Crippen MR) is 140 cm³/mol. The molecule has 1 aliphatic heterocycles. The van der Waals surface area contributed by atoms with Crippen molar-refractivity contribution >= 4 is 44.6 Å². The molecule has 1 fully saturated rings. The normalized spacial score (nSPS) is 15.2. The highest BCUT2D eigenvalue weighted by atomic mass is 35.5. The van der Waals surface area contributed by atoms with E-state index in [4.69, 9.17) is 27.9 Å². The van der Waals surface area contributed by atoms with Gasteiger partial charge in [-0.25, -0.2) is 0 Å². The average Bonchev–Trinajstić information content (AvgIpc) is 3.17. The summed E-state index contributed by atoms with van der Waals surface area (Å²) in [5, 5.41) is 2.74. The number of ether oxygens (including phenoxy) is 1. The van der Waals surface area contributed by atoms with Crippen molar-refractivity contribution in [2.24, 2.45) is 0 Å². The Hall–Kier alpha value is -2.08. The first kappa shape index (κ1) is 22.7. The number of halogens is 2. The maximum atomic E-state index is 6.37. The summed E-state index contributed by atoms with van der Waals surface area (Å²) in [6.07, 6.45) is 0. The van der Waals surface area contributed by atoms with Crippen molar-refractivity contribution in [1.82, 2.24) is 9.80 Å². The quantitative estimate of drug-likeness (QED) is 0.271.